The number of ether oxygens (including phenoxy) is 1. The summed E-state index contributed by atoms with van der Waals surface area (Å²) in [5, 5.41) is 9.06. The van der Waals surface area contributed by atoms with Gasteiger partial charge in [-0.05, 0) is 40.3 Å². The van der Waals surface area contributed by atoms with E-state index in [1.807, 2.05) is 24.3 Å². The largest absolute Gasteiger partial charge is 0.480 e. The predicted molar refractivity (Wildman–Crippen MR) is 110 cm³/mol. The van der Waals surface area contributed by atoms with Crippen molar-refractivity contribution in [3.8, 4) is 11.1 Å². The van der Waals surface area contributed by atoms with Gasteiger partial charge in [0.1, 0.15) is 12.6 Å². The summed E-state index contributed by atoms with van der Waals surface area (Å²) in [6.45, 7) is 0.214. The molecule has 1 unspecified atom stereocenters. The molecule has 0 aliphatic heterocycles. The van der Waals surface area contributed by atoms with Gasteiger partial charge < -0.3 is 15.6 Å². The molecule has 0 saturated carbocycles. The molecule has 0 fully saturated rings. The fraction of sp³-hybridized carbons (Fsp3) is 0.167. The SMILES string of the molecule is NC(Cc1ccccc1C(=O)OCC1c2ccccc2-c2ccccc21)C(=O)O. The van der Waals surface area contributed by atoms with E-state index in [9.17, 15) is 9.59 Å². The van der Waals surface area contributed by atoms with Gasteiger partial charge in [-0.2, -0.15) is 0 Å². The molecule has 29 heavy (non-hydrogen) atoms. The van der Waals surface area contributed by atoms with Gasteiger partial charge in [0.25, 0.3) is 0 Å². The van der Waals surface area contributed by atoms with Gasteiger partial charge >= 0.3 is 11.9 Å². The van der Waals surface area contributed by atoms with Crippen LogP contribution in [0.15, 0.2) is 72.8 Å². The summed E-state index contributed by atoms with van der Waals surface area (Å²) in [7, 11) is 0. The number of rotatable bonds is 6. The summed E-state index contributed by atoms with van der Waals surface area (Å²) in [5.74, 6) is -1.60. The Morgan fingerprint density at radius 2 is 1.45 bits per heavy atom. The molecule has 4 rings (SSSR count). The fourth-order valence-electron chi connectivity index (χ4n) is 3.90. The van der Waals surface area contributed by atoms with Crippen molar-refractivity contribution in [1.82, 2.24) is 0 Å². The Balaban J connectivity index is 1.55. The highest BCUT2D eigenvalue weighted by Crippen LogP contribution is 2.44. The summed E-state index contributed by atoms with van der Waals surface area (Å²) in [5.41, 5.74) is 11.2. The zero-order valence-electron chi connectivity index (χ0n) is 15.7. The molecule has 3 aromatic carbocycles. The molecule has 5 heteroatoms. The van der Waals surface area contributed by atoms with Crippen molar-refractivity contribution < 1.29 is 19.4 Å². The summed E-state index contributed by atoms with van der Waals surface area (Å²) in [4.78, 5) is 23.9. The average Bonchev–Trinajstić information content (AvgIpc) is 3.06. The maximum Gasteiger partial charge on any atom is 0.338 e. The van der Waals surface area contributed by atoms with Crippen molar-refractivity contribution in [2.75, 3.05) is 6.61 Å². The maximum absolute atomic E-state index is 12.8. The molecule has 0 saturated heterocycles. The van der Waals surface area contributed by atoms with Gasteiger partial charge in [-0.25, -0.2) is 4.79 Å². The molecule has 3 aromatic rings. The van der Waals surface area contributed by atoms with Crippen molar-refractivity contribution in [3.05, 3.63) is 95.1 Å². The first-order chi connectivity index (χ1) is 14.1. The molecular formula is C24H21NO4. The lowest BCUT2D eigenvalue weighted by Crippen LogP contribution is -2.32. The Labute approximate surface area is 168 Å². The zero-order chi connectivity index (χ0) is 20.4. The van der Waals surface area contributed by atoms with Gasteiger partial charge in [0.05, 0.1) is 5.56 Å². The Morgan fingerprint density at radius 3 is 2.07 bits per heavy atom. The minimum atomic E-state index is -1.10. The normalized spacial score (nSPS) is 13.4. The molecule has 1 aliphatic carbocycles. The van der Waals surface area contributed by atoms with Crippen LogP contribution in [0.25, 0.3) is 11.1 Å². The molecule has 1 aliphatic rings. The number of fused-ring (bicyclic) bond motifs is 3. The topological polar surface area (TPSA) is 89.6 Å². The second kappa shape index (κ2) is 7.89. The van der Waals surface area contributed by atoms with Gasteiger partial charge in [-0.15, -0.1) is 0 Å². The number of carboxylic acids is 1. The lowest BCUT2D eigenvalue weighted by Gasteiger charge is -2.16. The molecule has 0 spiro atoms. The third-order valence-electron chi connectivity index (χ3n) is 5.34. The maximum atomic E-state index is 12.8. The van der Waals surface area contributed by atoms with E-state index in [2.05, 4.69) is 24.3 Å². The highest BCUT2D eigenvalue weighted by molar-refractivity contribution is 5.91. The van der Waals surface area contributed by atoms with E-state index >= 15 is 0 Å². The van der Waals surface area contributed by atoms with Crippen LogP contribution in [0.1, 0.15) is 33.0 Å². The number of nitrogens with two attached hydrogens (primary N) is 1. The molecular weight excluding hydrogens is 366 g/mol. The van der Waals surface area contributed by atoms with Crippen LogP contribution >= 0.6 is 0 Å². The number of aliphatic carboxylic acids is 1. The molecule has 5 nitrogen and oxygen atoms in total. The highest BCUT2D eigenvalue weighted by atomic mass is 16.5. The van der Waals surface area contributed by atoms with E-state index in [0.29, 0.717) is 11.1 Å². The summed E-state index contributed by atoms with van der Waals surface area (Å²) >= 11 is 0. The predicted octanol–water partition coefficient (Wildman–Crippen LogP) is 3.61. The van der Waals surface area contributed by atoms with E-state index in [4.69, 9.17) is 15.6 Å². The summed E-state index contributed by atoms with van der Waals surface area (Å²) in [6.07, 6.45) is 0.0652. The summed E-state index contributed by atoms with van der Waals surface area (Å²) < 4.78 is 5.68. The van der Waals surface area contributed by atoms with Crippen molar-refractivity contribution in [1.29, 1.82) is 0 Å². The molecule has 3 N–H and O–H groups in total. The first-order valence-corrected chi connectivity index (χ1v) is 9.48. The van der Waals surface area contributed by atoms with Crippen LogP contribution in [-0.2, 0) is 16.0 Å². The lowest BCUT2D eigenvalue weighted by molar-refractivity contribution is -0.138. The molecule has 0 amide bonds. The second-order valence-corrected chi connectivity index (χ2v) is 7.13. The molecule has 0 radical (unpaired) electrons. The van der Waals surface area contributed by atoms with E-state index in [0.717, 1.165) is 22.3 Å². The van der Waals surface area contributed by atoms with E-state index in [-0.39, 0.29) is 18.9 Å². The van der Waals surface area contributed by atoms with Crippen LogP contribution in [0.3, 0.4) is 0 Å². The number of esters is 1. The molecule has 0 aromatic heterocycles. The smallest absolute Gasteiger partial charge is 0.338 e. The number of hydrogen-bond donors (Lipinski definition) is 2. The van der Waals surface area contributed by atoms with Crippen molar-refractivity contribution in [2.24, 2.45) is 5.73 Å². The van der Waals surface area contributed by atoms with Crippen LogP contribution in [0, 0.1) is 0 Å². The van der Waals surface area contributed by atoms with Gasteiger partial charge in [0.2, 0.25) is 0 Å². The fourth-order valence-corrected chi connectivity index (χ4v) is 3.90. The van der Waals surface area contributed by atoms with Gasteiger partial charge in [-0.3, -0.25) is 4.79 Å². The number of benzene rings is 3. The second-order valence-electron chi connectivity index (χ2n) is 7.13. The van der Waals surface area contributed by atoms with Crippen molar-refractivity contribution in [3.63, 3.8) is 0 Å². The van der Waals surface area contributed by atoms with Crippen LogP contribution in [0.2, 0.25) is 0 Å². The third kappa shape index (κ3) is 3.65. The Morgan fingerprint density at radius 1 is 0.897 bits per heavy atom. The third-order valence-corrected chi connectivity index (χ3v) is 5.34. The van der Waals surface area contributed by atoms with Crippen molar-refractivity contribution in [2.45, 2.75) is 18.4 Å². The van der Waals surface area contributed by atoms with Crippen LogP contribution < -0.4 is 5.73 Å². The van der Waals surface area contributed by atoms with Crippen molar-refractivity contribution >= 4 is 11.9 Å². The van der Waals surface area contributed by atoms with Gasteiger partial charge in [0, 0.05) is 5.92 Å². The number of hydrogen-bond acceptors (Lipinski definition) is 4. The van der Waals surface area contributed by atoms with Gasteiger partial charge in [0.15, 0.2) is 0 Å². The van der Waals surface area contributed by atoms with Crippen LogP contribution in [0.5, 0.6) is 0 Å². The van der Waals surface area contributed by atoms with Crippen LogP contribution in [-0.4, -0.2) is 29.7 Å². The Kier molecular flexibility index (Phi) is 5.14. The quantitative estimate of drug-likeness (QED) is 0.631. The van der Waals surface area contributed by atoms with E-state index in [1.165, 1.54) is 0 Å². The lowest BCUT2D eigenvalue weighted by atomic mass is 9.98. The standard InChI is InChI=1S/C24H21NO4/c25-22(23(26)27)13-15-7-1-2-8-16(15)24(28)29-14-21-19-11-5-3-9-17(19)18-10-4-6-12-20(18)21/h1-12,21-22H,13-14,25H2,(H,26,27). The Hall–Kier alpha value is -3.44. The highest BCUT2D eigenvalue weighted by Gasteiger charge is 2.29. The first kappa shape index (κ1) is 18.9. The molecule has 146 valence electrons. The monoisotopic (exact) mass is 387 g/mol. The van der Waals surface area contributed by atoms with Gasteiger partial charge in [-0.1, -0.05) is 66.7 Å². The number of carboxylic acid groups (broad SMARTS) is 1. The Bertz CT molecular complexity index is 1030. The minimum Gasteiger partial charge on any atom is -0.480 e. The molecule has 0 bridgehead atoms. The number of carbonyl (C=O) groups excluding carboxylic acids is 1. The van der Waals surface area contributed by atoms with Crippen LogP contribution in [0.4, 0.5) is 0 Å². The van der Waals surface area contributed by atoms with E-state index in [1.54, 1.807) is 24.3 Å². The first-order valence-electron chi connectivity index (χ1n) is 9.48. The zero-order valence-corrected chi connectivity index (χ0v) is 15.7. The number of carbonyl (C=O) groups is 2. The minimum absolute atomic E-state index is 0.0280. The average molecular weight is 387 g/mol. The molecule has 1 atom stereocenters. The summed E-state index contributed by atoms with van der Waals surface area (Å²) in [6, 6.07) is 22.0. The van der Waals surface area contributed by atoms with E-state index < -0.39 is 18.0 Å². The molecule has 0 heterocycles.